The van der Waals surface area contributed by atoms with Gasteiger partial charge in [-0.15, -0.1) is 5.10 Å². The third kappa shape index (κ3) is 3.04. The Balaban J connectivity index is 1.69. The first-order valence-corrected chi connectivity index (χ1v) is 9.39. The molecule has 2 heterocycles. The maximum atomic E-state index is 12.3. The van der Waals surface area contributed by atoms with Gasteiger partial charge in [0.25, 0.3) is 0 Å². The van der Waals surface area contributed by atoms with Crippen molar-refractivity contribution in [2.45, 2.75) is 13.1 Å². The molecule has 4 amide bonds. The van der Waals surface area contributed by atoms with E-state index in [2.05, 4.69) is 10.2 Å². The molecular weight excluding hydrogens is 384 g/mol. The number of aromatic hydroxyl groups is 1. The van der Waals surface area contributed by atoms with Gasteiger partial charge < -0.3 is 14.9 Å². The molecule has 1 fully saturated rings. The predicted octanol–water partition coefficient (Wildman–Crippen LogP) is 3.00. The predicted molar refractivity (Wildman–Crippen MR) is 110 cm³/mol. The van der Waals surface area contributed by atoms with Crippen LogP contribution in [0.4, 0.5) is 9.59 Å². The third-order valence-electron chi connectivity index (χ3n) is 5.26. The van der Waals surface area contributed by atoms with Gasteiger partial charge in [-0.2, -0.15) is 9.90 Å². The molecule has 1 aromatic heterocycles. The van der Waals surface area contributed by atoms with Crippen molar-refractivity contribution < 1.29 is 14.7 Å². The maximum absolute atomic E-state index is 12.3. The normalized spacial score (nSPS) is 15.3. The highest BCUT2D eigenvalue weighted by atomic mass is 16.3. The molecule has 1 saturated heterocycles. The summed E-state index contributed by atoms with van der Waals surface area (Å²) in [7, 11) is 4.60. The Morgan fingerprint density at radius 3 is 2.13 bits per heavy atom. The molecule has 0 unspecified atom stereocenters. The number of aromatic nitrogens is 3. The Morgan fingerprint density at radius 2 is 1.53 bits per heavy atom. The van der Waals surface area contributed by atoms with Crippen LogP contribution in [0.1, 0.15) is 17.4 Å². The Kier molecular flexibility index (Phi) is 4.65. The molecule has 1 N–H and O–H groups in total. The highest BCUT2D eigenvalue weighted by molar-refractivity contribution is 5.95. The lowest BCUT2D eigenvalue weighted by Gasteiger charge is -2.43. The lowest BCUT2D eigenvalue weighted by Crippen LogP contribution is -2.58. The number of urea groups is 2. The second-order valence-corrected chi connectivity index (χ2v) is 7.25. The van der Waals surface area contributed by atoms with Crippen LogP contribution in [0, 0.1) is 6.92 Å². The van der Waals surface area contributed by atoms with Gasteiger partial charge in [0.1, 0.15) is 17.6 Å². The zero-order valence-electron chi connectivity index (χ0n) is 17.1. The summed E-state index contributed by atoms with van der Waals surface area (Å²) in [5.41, 5.74) is 3.47. The van der Waals surface area contributed by atoms with Gasteiger partial charge in [-0.25, -0.2) is 14.5 Å². The Bertz CT molecular complexity index is 1110. The smallest absolute Gasteiger partial charge is 0.329 e. The zero-order chi connectivity index (χ0) is 21.6. The van der Waals surface area contributed by atoms with E-state index in [0.717, 1.165) is 21.9 Å². The standard InChI is InChI=1S/C21H22N6O3/c1-13-18(14-8-6-5-7-9-14)23-27(22-13)15-10-11-16(17(28)12-15)19-24(2)20(29)26(4)21(30)25(19)3/h5-12,19,28H,1-4H3. The third-order valence-corrected chi connectivity index (χ3v) is 5.26. The van der Waals surface area contributed by atoms with Crippen LogP contribution in [-0.4, -0.2) is 68.0 Å². The van der Waals surface area contributed by atoms with Crippen LogP contribution in [0.2, 0.25) is 0 Å². The second-order valence-electron chi connectivity index (χ2n) is 7.25. The van der Waals surface area contributed by atoms with Gasteiger partial charge in [0.15, 0.2) is 0 Å². The molecule has 0 aliphatic carbocycles. The van der Waals surface area contributed by atoms with E-state index in [4.69, 9.17) is 0 Å². The van der Waals surface area contributed by atoms with E-state index in [1.807, 2.05) is 37.3 Å². The number of amides is 4. The number of phenolic OH excluding ortho intramolecular Hbond substituents is 1. The molecule has 9 heteroatoms. The van der Waals surface area contributed by atoms with Gasteiger partial charge in [-0.05, 0) is 19.1 Å². The highest BCUT2D eigenvalue weighted by Crippen LogP contribution is 2.35. The average Bonchev–Trinajstić information content (AvgIpc) is 3.14. The molecule has 3 aromatic rings. The van der Waals surface area contributed by atoms with E-state index < -0.39 is 18.2 Å². The number of benzene rings is 2. The summed E-state index contributed by atoms with van der Waals surface area (Å²) < 4.78 is 0. The average molecular weight is 406 g/mol. The number of rotatable bonds is 3. The first-order chi connectivity index (χ1) is 14.3. The Labute approximate surface area is 173 Å². The Hall–Kier alpha value is -3.88. The molecule has 9 nitrogen and oxygen atoms in total. The van der Waals surface area contributed by atoms with E-state index in [-0.39, 0.29) is 5.75 Å². The first-order valence-electron chi connectivity index (χ1n) is 9.39. The van der Waals surface area contributed by atoms with Crippen molar-refractivity contribution in [2.75, 3.05) is 21.1 Å². The summed E-state index contributed by atoms with van der Waals surface area (Å²) in [6.07, 6.45) is -0.720. The van der Waals surface area contributed by atoms with Gasteiger partial charge in [0, 0.05) is 38.3 Å². The van der Waals surface area contributed by atoms with Crippen LogP contribution in [0.15, 0.2) is 48.5 Å². The van der Waals surface area contributed by atoms with Gasteiger partial charge in [-0.3, -0.25) is 0 Å². The highest BCUT2D eigenvalue weighted by Gasteiger charge is 2.40. The summed E-state index contributed by atoms with van der Waals surface area (Å²) in [4.78, 5) is 30.0. The van der Waals surface area contributed by atoms with Crippen molar-refractivity contribution in [3.8, 4) is 22.7 Å². The molecule has 154 valence electrons. The molecular formula is C21H22N6O3. The van der Waals surface area contributed by atoms with E-state index >= 15 is 0 Å². The number of hydrogen-bond donors (Lipinski definition) is 1. The fourth-order valence-corrected chi connectivity index (χ4v) is 3.67. The van der Waals surface area contributed by atoms with Gasteiger partial charge in [0.2, 0.25) is 0 Å². The Morgan fingerprint density at radius 1 is 0.900 bits per heavy atom. The van der Waals surface area contributed by atoms with Gasteiger partial charge >= 0.3 is 12.1 Å². The number of carbonyl (C=O) groups is 2. The van der Waals surface area contributed by atoms with Crippen LogP contribution in [-0.2, 0) is 0 Å². The molecule has 4 rings (SSSR count). The molecule has 30 heavy (non-hydrogen) atoms. The van der Waals surface area contributed by atoms with Crippen LogP contribution in [0.25, 0.3) is 16.9 Å². The number of carbonyl (C=O) groups excluding carboxylic acids is 2. The molecule has 0 radical (unpaired) electrons. The van der Waals surface area contributed by atoms with Crippen LogP contribution >= 0.6 is 0 Å². The molecule has 1 aliphatic rings. The molecule has 2 aromatic carbocycles. The molecule has 1 aliphatic heterocycles. The fraction of sp³-hybridized carbons (Fsp3) is 0.238. The van der Waals surface area contributed by atoms with E-state index in [1.165, 1.54) is 27.7 Å². The monoisotopic (exact) mass is 406 g/mol. The second kappa shape index (κ2) is 7.18. The van der Waals surface area contributed by atoms with E-state index in [1.54, 1.807) is 26.2 Å². The number of nitrogens with zero attached hydrogens (tertiary/aromatic N) is 6. The molecule has 0 atom stereocenters. The van der Waals surface area contributed by atoms with Crippen molar-refractivity contribution in [3.63, 3.8) is 0 Å². The van der Waals surface area contributed by atoms with Crippen LogP contribution in [0.3, 0.4) is 0 Å². The van der Waals surface area contributed by atoms with Gasteiger partial charge in [-0.1, -0.05) is 30.3 Å². The lowest BCUT2D eigenvalue weighted by atomic mass is 10.1. The van der Waals surface area contributed by atoms with E-state index in [0.29, 0.717) is 11.3 Å². The minimum absolute atomic E-state index is 0.0578. The van der Waals surface area contributed by atoms with Crippen molar-refractivity contribution in [1.29, 1.82) is 0 Å². The topological polar surface area (TPSA) is 94.8 Å². The SMILES string of the molecule is Cc1nn(-c2ccc(C3N(C)C(=O)N(C)C(=O)N3C)c(O)c2)nc1-c1ccccc1. The fourth-order valence-electron chi connectivity index (χ4n) is 3.67. The van der Waals surface area contributed by atoms with Gasteiger partial charge in [0.05, 0.1) is 11.4 Å². The zero-order valence-corrected chi connectivity index (χ0v) is 17.1. The quantitative estimate of drug-likeness (QED) is 0.722. The molecule has 0 saturated carbocycles. The van der Waals surface area contributed by atoms with Crippen molar-refractivity contribution >= 4 is 12.1 Å². The lowest BCUT2D eigenvalue weighted by molar-refractivity contribution is 0.0592. The maximum Gasteiger partial charge on any atom is 0.329 e. The first kappa shape index (κ1) is 19.4. The number of hydrogen-bond acceptors (Lipinski definition) is 5. The molecule has 0 bridgehead atoms. The minimum atomic E-state index is -0.720. The number of phenols is 1. The van der Waals surface area contributed by atoms with Crippen molar-refractivity contribution in [2.24, 2.45) is 0 Å². The van der Waals surface area contributed by atoms with Crippen molar-refractivity contribution in [3.05, 3.63) is 59.8 Å². The van der Waals surface area contributed by atoms with E-state index in [9.17, 15) is 14.7 Å². The van der Waals surface area contributed by atoms with Crippen LogP contribution in [0.5, 0.6) is 5.75 Å². The summed E-state index contributed by atoms with van der Waals surface area (Å²) in [5.74, 6) is -0.0578. The largest absolute Gasteiger partial charge is 0.507 e. The summed E-state index contributed by atoms with van der Waals surface area (Å²) in [5, 5.41) is 19.7. The number of aryl methyl sites for hydroxylation is 1. The van der Waals surface area contributed by atoms with Crippen molar-refractivity contribution in [1.82, 2.24) is 29.7 Å². The molecule has 0 spiro atoms. The minimum Gasteiger partial charge on any atom is -0.507 e. The summed E-state index contributed by atoms with van der Waals surface area (Å²) in [6, 6.07) is 13.8. The summed E-state index contributed by atoms with van der Waals surface area (Å²) in [6.45, 7) is 1.87. The summed E-state index contributed by atoms with van der Waals surface area (Å²) >= 11 is 0. The number of imide groups is 1. The van der Waals surface area contributed by atoms with Crippen LogP contribution < -0.4 is 0 Å².